The van der Waals surface area contributed by atoms with E-state index in [1.165, 1.54) is 19.4 Å². The van der Waals surface area contributed by atoms with E-state index in [1.807, 2.05) is 4.68 Å². The van der Waals surface area contributed by atoms with Gasteiger partial charge in [-0.3, -0.25) is 4.68 Å². The molecule has 16 heavy (non-hydrogen) atoms. The largest absolute Gasteiger partial charge is 0.301 e. The number of aromatic nitrogens is 3. The molecule has 1 aromatic heterocycles. The summed E-state index contributed by atoms with van der Waals surface area (Å²) in [4.78, 5) is 2.36. The molecular weight excluding hydrogens is 200 g/mol. The van der Waals surface area contributed by atoms with Crippen LogP contribution in [0.15, 0.2) is 6.20 Å². The summed E-state index contributed by atoms with van der Waals surface area (Å²) in [6, 6.07) is 0.781. The molecule has 0 spiro atoms. The van der Waals surface area contributed by atoms with Gasteiger partial charge < -0.3 is 4.90 Å². The van der Waals surface area contributed by atoms with Crippen LogP contribution >= 0.6 is 0 Å². The maximum absolute atomic E-state index is 4.20. The summed E-state index contributed by atoms with van der Waals surface area (Å²) in [6.07, 6.45) is 5.55. The van der Waals surface area contributed by atoms with Crippen molar-refractivity contribution in [2.45, 2.75) is 45.7 Å². The molecule has 2 atom stereocenters. The second kappa shape index (κ2) is 4.95. The minimum atomic E-state index is 0.741. The lowest BCUT2D eigenvalue weighted by molar-refractivity contribution is 0.507. The summed E-state index contributed by atoms with van der Waals surface area (Å²) in [5.41, 5.74) is 1.14. The van der Waals surface area contributed by atoms with Crippen molar-refractivity contribution in [3.63, 3.8) is 0 Å². The van der Waals surface area contributed by atoms with Crippen LogP contribution in [0.3, 0.4) is 0 Å². The van der Waals surface area contributed by atoms with Crippen molar-refractivity contribution in [2.24, 2.45) is 5.92 Å². The average molecular weight is 222 g/mol. The van der Waals surface area contributed by atoms with E-state index in [4.69, 9.17) is 0 Å². The van der Waals surface area contributed by atoms with Crippen LogP contribution < -0.4 is 0 Å². The maximum atomic E-state index is 4.20. The zero-order valence-corrected chi connectivity index (χ0v) is 10.6. The summed E-state index contributed by atoms with van der Waals surface area (Å²) >= 11 is 0. The monoisotopic (exact) mass is 222 g/mol. The van der Waals surface area contributed by atoms with Crippen LogP contribution in [0.4, 0.5) is 0 Å². The minimum absolute atomic E-state index is 0.741. The van der Waals surface area contributed by atoms with Crippen molar-refractivity contribution in [2.75, 3.05) is 13.6 Å². The fourth-order valence-electron chi connectivity index (χ4n) is 1.88. The third-order valence-electron chi connectivity index (χ3n) is 3.24. The first-order valence-electron chi connectivity index (χ1n) is 6.24. The van der Waals surface area contributed by atoms with E-state index in [0.29, 0.717) is 0 Å². The molecule has 2 rings (SSSR count). The van der Waals surface area contributed by atoms with Crippen molar-refractivity contribution in [3.8, 4) is 0 Å². The smallest absolute Gasteiger partial charge is 0.0827 e. The van der Waals surface area contributed by atoms with E-state index in [0.717, 1.165) is 30.6 Å². The van der Waals surface area contributed by atoms with Gasteiger partial charge >= 0.3 is 0 Å². The van der Waals surface area contributed by atoms with Gasteiger partial charge in [0.15, 0.2) is 0 Å². The van der Waals surface area contributed by atoms with Crippen molar-refractivity contribution < 1.29 is 0 Å². The molecule has 1 saturated heterocycles. The van der Waals surface area contributed by atoms with E-state index in [9.17, 15) is 0 Å². The van der Waals surface area contributed by atoms with Crippen LogP contribution in [0.1, 0.15) is 32.4 Å². The van der Waals surface area contributed by atoms with E-state index in [2.05, 4.69) is 42.3 Å². The Bertz CT molecular complexity index is 332. The molecule has 4 heteroatoms. The highest BCUT2D eigenvalue weighted by molar-refractivity contribution is 4.93. The molecule has 4 nitrogen and oxygen atoms in total. The predicted octanol–water partition coefficient (Wildman–Crippen LogP) is 1.57. The highest BCUT2D eigenvalue weighted by Crippen LogP contribution is 2.17. The van der Waals surface area contributed by atoms with Crippen molar-refractivity contribution in [1.29, 1.82) is 0 Å². The molecule has 0 bridgehead atoms. The summed E-state index contributed by atoms with van der Waals surface area (Å²) in [6.45, 7) is 6.74. The van der Waals surface area contributed by atoms with Gasteiger partial charge in [0.05, 0.1) is 5.69 Å². The van der Waals surface area contributed by atoms with Crippen LogP contribution in [0.5, 0.6) is 0 Å². The Morgan fingerprint density at radius 1 is 1.50 bits per heavy atom. The lowest BCUT2D eigenvalue weighted by Crippen LogP contribution is -2.04. The first kappa shape index (κ1) is 11.6. The number of aryl methyl sites for hydroxylation is 2. The van der Waals surface area contributed by atoms with E-state index in [-0.39, 0.29) is 0 Å². The van der Waals surface area contributed by atoms with Crippen molar-refractivity contribution >= 4 is 0 Å². The quantitative estimate of drug-likeness (QED) is 0.685. The molecule has 1 aliphatic rings. The number of rotatable bonds is 6. The molecule has 0 radical (unpaired) electrons. The van der Waals surface area contributed by atoms with Crippen molar-refractivity contribution in [1.82, 2.24) is 19.9 Å². The van der Waals surface area contributed by atoms with Crippen LogP contribution in [-0.2, 0) is 13.0 Å². The first-order valence-corrected chi connectivity index (χ1v) is 6.24. The second-order valence-electron chi connectivity index (χ2n) is 5.29. The van der Waals surface area contributed by atoms with E-state index >= 15 is 0 Å². The van der Waals surface area contributed by atoms with E-state index in [1.54, 1.807) is 0 Å². The highest BCUT2D eigenvalue weighted by atomic mass is 15.4. The fraction of sp³-hybridized carbons (Fsp3) is 0.833. The molecule has 1 aromatic rings. The third kappa shape index (κ3) is 3.30. The Hall–Kier alpha value is -0.900. The molecule has 0 aliphatic carbocycles. The average Bonchev–Trinajstić information content (AvgIpc) is 2.77. The molecule has 0 saturated carbocycles. The Morgan fingerprint density at radius 3 is 2.88 bits per heavy atom. The molecule has 0 N–H and O–H groups in total. The van der Waals surface area contributed by atoms with Gasteiger partial charge in [-0.05, 0) is 32.2 Å². The molecule has 90 valence electrons. The maximum Gasteiger partial charge on any atom is 0.0827 e. The molecule has 1 aliphatic heterocycles. The lowest BCUT2D eigenvalue weighted by Gasteiger charge is -2.00. The number of hydrogen-bond donors (Lipinski definition) is 0. The topological polar surface area (TPSA) is 33.7 Å². The summed E-state index contributed by atoms with van der Waals surface area (Å²) < 4.78 is 1.99. The van der Waals surface area contributed by atoms with E-state index < -0.39 is 0 Å². The summed E-state index contributed by atoms with van der Waals surface area (Å²) in [5.74, 6) is 0.741. The molecular formula is C12H22N4. The SMILES string of the molecule is CC(C)CCc1cn(CCC2CN2C)nn1. The van der Waals surface area contributed by atoms with Gasteiger partial charge in [0.1, 0.15) is 0 Å². The number of nitrogens with zero attached hydrogens (tertiary/aromatic N) is 4. The first-order chi connectivity index (χ1) is 7.65. The molecule has 0 amide bonds. The third-order valence-corrected chi connectivity index (χ3v) is 3.24. The normalized spacial score (nSPS) is 24.0. The van der Waals surface area contributed by atoms with Gasteiger partial charge in [0.2, 0.25) is 0 Å². The van der Waals surface area contributed by atoms with Crippen LogP contribution in [0, 0.1) is 5.92 Å². The molecule has 2 heterocycles. The van der Waals surface area contributed by atoms with Crippen LogP contribution in [0.25, 0.3) is 0 Å². The number of hydrogen-bond acceptors (Lipinski definition) is 3. The zero-order chi connectivity index (χ0) is 11.5. The number of likely N-dealkylation sites (N-methyl/N-ethyl adjacent to an activating group) is 1. The Balaban J connectivity index is 1.73. The van der Waals surface area contributed by atoms with Gasteiger partial charge in [-0.2, -0.15) is 0 Å². The minimum Gasteiger partial charge on any atom is -0.301 e. The zero-order valence-electron chi connectivity index (χ0n) is 10.6. The summed E-state index contributed by atoms with van der Waals surface area (Å²) in [7, 11) is 2.17. The van der Waals surface area contributed by atoms with Crippen LogP contribution in [-0.4, -0.2) is 39.5 Å². The molecule has 2 unspecified atom stereocenters. The Labute approximate surface area is 97.6 Å². The summed E-state index contributed by atoms with van der Waals surface area (Å²) in [5, 5.41) is 8.37. The van der Waals surface area contributed by atoms with Crippen molar-refractivity contribution in [3.05, 3.63) is 11.9 Å². The predicted molar refractivity (Wildman–Crippen MR) is 64.2 cm³/mol. The van der Waals surface area contributed by atoms with Gasteiger partial charge in [-0.1, -0.05) is 19.1 Å². The Kier molecular flexibility index (Phi) is 3.59. The highest BCUT2D eigenvalue weighted by Gasteiger charge is 2.28. The lowest BCUT2D eigenvalue weighted by atomic mass is 10.1. The van der Waals surface area contributed by atoms with Gasteiger partial charge in [-0.25, -0.2) is 0 Å². The molecule has 0 aromatic carbocycles. The fourth-order valence-corrected chi connectivity index (χ4v) is 1.88. The van der Waals surface area contributed by atoms with Crippen LogP contribution in [0.2, 0.25) is 0 Å². The Morgan fingerprint density at radius 2 is 2.25 bits per heavy atom. The van der Waals surface area contributed by atoms with Gasteiger partial charge in [0.25, 0.3) is 0 Å². The van der Waals surface area contributed by atoms with Gasteiger partial charge in [-0.15, -0.1) is 5.10 Å². The van der Waals surface area contributed by atoms with Gasteiger partial charge in [0, 0.05) is 25.3 Å². The standard InChI is InChI=1S/C12H22N4/c1-10(2)4-5-11-8-16(14-13-11)7-6-12-9-15(12)3/h8,10,12H,4-7,9H2,1-3H3. The molecule has 1 fully saturated rings. The second-order valence-corrected chi connectivity index (χ2v) is 5.29.